The van der Waals surface area contributed by atoms with Crippen LogP contribution in [0.3, 0.4) is 0 Å². The van der Waals surface area contributed by atoms with Crippen LogP contribution < -0.4 is 0 Å². The molecule has 0 radical (unpaired) electrons. The molecule has 0 bridgehead atoms. The smallest absolute Gasteiger partial charge is 0.0324 e. The van der Waals surface area contributed by atoms with E-state index >= 15 is 0 Å². The fraction of sp³-hybridized carbons (Fsp3) is 0.500. The predicted octanol–water partition coefficient (Wildman–Crippen LogP) is 3.77. The summed E-state index contributed by atoms with van der Waals surface area (Å²) >= 11 is 3.53. The summed E-state index contributed by atoms with van der Waals surface area (Å²) in [5, 5.41) is 0. The summed E-state index contributed by atoms with van der Waals surface area (Å²) in [6.45, 7) is -5.66. The molecule has 0 fully saturated rings. The second-order valence-corrected chi connectivity index (χ2v) is 3.44. The lowest BCUT2D eigenvalue weighted by Crippen LogP contribution is -1.72. The molecule has 0 aliphatic rings. The van der Waals surface area contributed by atoms with E-state index in [4.69, 9.17) is 13.7 Å². The minimum Gasteiger partial charge on any atom is -0.145 e. The molecule has 1 aromatic rings. The Morgan fingerprint density at radius 3 is 3.40 bits per heavy atom. The maximum absolute atomic E-state index is 7.78. The maximum atomic E-state index is 7.78. The van der Waals surface area contributed by atoms with Crippen LogP contribution >= 0.6 is 27.3 Å². The lowest BCUT2D eigenvalue weighted by Gasteiger charge is -1.86. The summed E-state index contributed by atoms with van der Waals surface area (Å²) in [6, 6.07) is 1.12. The molecule has 0 atom stereocenters. The van der Waals surface area contributed by atoms with E-state index < -0.39 is 26.4 Å². The Kier molecular flexibility index (Phi) is 0.745. The topological polar surface area (TPSA) is 0 Å². The summed E-state index contributed by atoms with van der Waals surface area (Å²) in [5.41, 5.74) is 0. The Labute approximate surface area is 88.4 Å². The SMILES string of the molecule is [2H]C([2H])([2H])c1sc(C([2H])([2H])C([2H])([2H])C([2H])([2H])[2H])cc1Br. The number of rotatable bonds is 2. The molecule has 0 N–H and O–H groups in total. The maximum Gasteiger partial charge on any atom is 0.0324 e. The standard InChI is InChI=1S/C8H11BrS/c1-3-4-7-5-8(9)6(2)10-7/h5H,3-4H2,1-2H3/i1D3,2D3,3D2,4D2. The number of hydrogen-bond donors (Lipinski definition) is 0. The van der Waals surface area contributed by atoms with Crippen LogP contribution in [0.2, 0.25) is 0 Å². The molecule has 10 heavy (non-hydrogen) atoms. The van der Waals surface area contributed by atoms with Gasteiger partial charge in [-0.15, -0.1) is 11.3 Å². The average Bonchev–Trinajstić information content (AvgIpc) is 2.58. The Balaban J connectivity index is 3.38. The van der Waals surface area contributed by atoms with Gasteiger partial charge in [0.25, 0.3) is 0 Å². The zero-order chi connectivity index (χ0) is 16.1. The first-order valence-corrected chi connectivity index (χ1v) is 4.03. The number of hydrogen-bond acceptors (Lipinski definition) is 1. The molecule has 2 heteroatoms. The molecular weight excluding hydrogens is 208 g/mol. The molecule has 0 aromatic carbocycles. The van der Waals surface area contributed by atoms with E-state index in [0.29, 0.717) is 11.3 Å². The van der Waals surface area contributed by atoms with Crippen LogP contribution in [0.15, 0.2) is 10.5 Å². The van der Waals surface area contributed by atoms with Crippen molar-refractivity contribution in [3.05, 3.63) is 20.3 Å². The van der Waals surface area contributed by atoms with Crippen molar-refractivity contribution in [3.63, 3.8) is 0 Å². The summed E-state index contributed by atoms with van der Waals surface area (Å²) < 4.78 is 74.0. The van der Waals surface area contributed by atoms with Gasteiger partial charge in [-0.25, -0.2) is 0 Å². The van der Waals surface area contributed by atoms with E-state index in [2.05, 4.69) is 15.9 Å². The second-order valence-electron chi connectivity index (χ2n) is 1.54. The number of aryl methyl sites for hydroxylation is 2. The van der Waals surface area contributed by atoms with Gasteiger partial charge in [0.2, 0.25) is 0 Å². The Morgan fingerprint density at radius 2 is 2.80 bits per heavy atom. The van der Waals surface area contributed by atoms with Gasteiger partial charge >= 0.3 is 0 Å². The number of thiophene rings is 1. The fourth-order valence-corrected chi connectivity index (χ4v) is 1.77. The number of halogens is 1. The third kappa shape index (κ3) is 1.83. The van der Waals surface area contributed by atoms with E-state index in [9.17, 15) is 0 Å². The van der Waals surface area contributed by atoms with Crippen molar-refractivity contribution < 1.29 is 13.7 Å². The largest absolute Gasteiger partial charge is 0.145 e. The van der Waals surface area contributed by atoms with Gasteiger partial charge in [0.15, 0.2) is 0 Å². The van der Waals surface area contributed by atoms with Crippen molar-refractivity contribution in [2.45, 2.75) is 26.4 Å². The van der Waals surface area contributed by atoms with E-state index in [0.717, 1.165) is 6.07 Å². The van der Waals surface area contributed by atoms with Gasteiger partial charge in [-0.05, 0) is 35.2 Å². The van der Waals surface area contributed by atoms with Gasteiger partial charge in [-0.2, -0.15) is 0 Å². The first-order valence-electron chi connectivity index (χ1n) is 7.42. The fourth-order valence-electron chi connectivity index (χ4n) is 0.492. The van der Waals surface area contributed by atoms with Crippen molar-refractivity contribution in [1.82, 2.24) is 0 Å². The van der Waals surface area contributed by atoms with Gasteiger partial charge < -0.3 is 0 Å². The van der Waals surface area contributed by atoms with Crippen molar-refractivity contribution in [2.24, 2.45) is 0 Å². The van der Waals surface area contributed by atoms with Gasteiger partial charge in [0, 0.05) is 27.9 Å². The molecule has 0 nitrogen and oxygen atoms in total. The molecule has 1 aromatic heterocycles. The van der Waals surface area contributed by atoms with Gasteiger partial charge in [0.05, 0.1) is 0 Å². The molecule has 0 aliphatic carbocycles. The van der Waals surface area contributed by atoms with Crippen molar-refractivity contribution in [3.8, 4) is 0 Å². The molecule has 0 unspecified atom stereocenters. The lowest BCUT2D eigenvalue weighted by atomic mass is 10.3. The zero-order valence-corrected chi connectivity index (χ0v) is 7.27. The molecule has 56 valence electrons. The highest BCUT2D eigenvalue weighted by Gasteiger charge is 2.00. The minimum atomic E-state index is -3.17. The highest BCUT2D eigenvalue weighted by atomic mass is 79.9. The molecular formula is C8H11BrS. The molecule has 0 saturated carbocycles. The van der Waals surface area contributed by atoms with Crippen molar-refractivity contribution in [2.75, 3.05) is 0 Å². The summed E-state index contributed by atoms with van der Waals surface area (Å²) in [5.74, 6) is 0. The van der Waals surface area contributed by atoms with Crippen LogP contribution in [-0.2, 0) is 6.37 Å². The third-order valence-corrected chi connectivity index (χ3v) is 2.62. The Hall–Kier alpha value is 0.180. The van der Waals surface area contributed by atoms with E-state index in [1.54, 1.807) is 0 Å². The molecule has 0 spiro atoms. The third-order valence-electron chi connectivity index (χ3n) is 0.872. The van der Waals surface area contributed by atoms with Crippen LogP contribution in [0, 0.1) is 6.85 Å². The van der Waals surface area contributed by atoms with Crippen LogP contribution in [0.25, 0.3) is 0 Å². The van der Waals surface area contributed by atoms with Crippen LogP contribution in [0.4, 0.5) is 0 Å². The van der Waals surface area contributed by atoms with Gasteiger partial charge in [-0.1, -0.05) is 13.2 Å². The van der Waals surface area contributed by atoms with Crippen LogP contribution in [0.5, 0.6) is 0 Å². The Bertz CT molecular complexity index is 496. The first-order chi connectivity index (χ1) is 8.62. The van der Waals surface area contributed by atoms with Crippen molar-refractivity contribution in [1.29, 1.82) is 0 Å². The summed E-state index contributed by atoms with van der Waals surface area (Å²) in [4.78, 5) is -0.422. The van der Waals surface area contributed by atoms with Gasteiger partial charge in [-0.3, -0.25) is 0 Å². The van der Waals surface area contributed by atoms with E-state index in [-0.39, 0.29) is 14.2 Å². The first kappa shape index (κ1) is 2.11. The quantitative estimate of drug-likeness (QED) is 0.724. The Morgan fingerprint density at radius 1 is 1.90 bits per heavy atom. The van der Waals surface area contributed by atoms with Gasteiger partial charge in [0.1, 0.15) is 0 Å². The molecule has 0 saturated heterocycles. The lowest BCUT2D eigenvalue weighted by molar-refractivity contribution is 0.939. The molecule has 0 aliphatic heterocycles. The molecule has 1 rings (SSSR count). The summed E-state index contributed by atoms with van der Waals surface area (Å²) in [6.07, 6.45) is -5.98. The highest BCUT2D eigenvalue weighted by Crippen LogP contribution is 2.26. The molecule has 0 amide bonds. The van der Waals surface area contributed by atoms with E-state index in [1.807, 2.05) is 0 Å². The van der Waals surface area contributed by atoms with Crippen molar-refractivity contribution >= 4 is 27.3 Å². The highest BCUT2D eigenvalue weighted by molar-refractivity contribution is 9.10. The average molecular weight is 229 g/mol. The normalized spacial score (nSPS) is 30.5. The zero-order valence-electron chi connectivity index (χ0n) is 14.9. The molecule has 1 heterocycles. The van der Waals surface area contributed by atoms with E-state index in [1.165, 1.54) is 0 Å². The minimum absolute atomic E-state index is 0.114. The second kappa shape index (κ2) is 3.54. The summed E-state index contributed by atoms with van der Waals surface area (Å²) in [7, 11) is 0. The van der Waals surface area contributed by atoms with Crippen LogP contribution in [0.1, 0.15) is 36.7 Å². The van der Waals surface area contributed by atoms with Crippen LogP contribution in [-0.4, -0.2) is 0 Å². The monoisotopic (exact) mass is 228 g/mol. The predicted molar refractivity (Wildman–Crippen MR) is 50.8 cm³/mol.